The Morgan fingerprint density at radius 1 is 1.37 bits per heavy atom. The van der Waals surface area contributed by atoms with Crippen LogP contribution in [0.3, 0.4) is 0 Å². The first kappa shape index (κ1) is 13.1. The van der Waals surface area contributed by atoms with Crippen molar-refractivity contribution < 1.29 is 9.26 Å². The minimum atomic E-state index is 0.539. The summed E-state index contributed by atoms with van der Waals surface area (Å²) in [4.78, 5) is 0. The molecule has 5 nitrogen and oxygen atoms in total. The fourth-order valence-corrected chi connectivity index (χ4v) is 1.77. The fourth-order valence-electron chi connectivity index (χ4n) is 1.77. The van der Waals surface area contributed by atoms with Crippen LogP contribution < -0.4 is 10.1 Å². The highest BCUT2D eigenvalue weighted by atomic mass is 16.5. The van der Waals surface area contributed by atoms with Gasteiger partial charge in [-0.25, -0.2) is 0 Å². The predicted molar refractivity (Wildman–Crippen MR) is 69.5 cm³/mol. The first-order valence-corrected chi connectivity index (χ1v) is 5.93. The quantitative estimate of drug-likeness (QED) is 0.888. The molecule has 0 atom stereocenters. The summed E-state index contributed by atoms with van der Waals surface area (Å²) >= 11 is 0. The molecule has 1 heterocycles. The van der Waals surface area contributed by atoms with Gasteiger partial charge in [0.2, 0.25) is 0 Å². The number of nitrogens with one attached hydrogen (secondary N) is 1. The molecule has 0 saturated heterocycles. The first-order chi connectivity index (χ1) is 9.22. The number of rotatable bonds is 5. The van der Waals surface area contributed by atoms with E-state index in [0.717, 1.165) is 17.0 Å². The number of hydrogen-bond acceptors (Lipinski definition) is 5. The Morgan fingerprint density at radius 3 is 2.84 bits per heavy atom. The SMILES string of the molecule is COc1cc(CNCc2cc(C)no2)ccc1C#N. The van der Waals surface area contributed by atoms with Gasteiger partial charge in [-0.15, -0.1) is 0 Å². The molecule has 0 fully saturated rings. The smallest absolute Gasteiger partial charge is 0.150 e. The van der Waals surface area contributed by atoms with Gasteiger partial charge in [0, 0.05) is 12.6 Å². The third kappa shape index (κ3) is 3.33. The molecular weight excluding hydrogens is 242 g/mol. The van der Waals surface area contributed by atoms with Crippen molar-refractivity contribution in [2.75, 3.05) is 7.11 Å². The van der Waals surface area contributed by atoms with Crippen molar-refractivity contribution in [2.24, 2.45) is 0 Å². The molecule has 0 unspecified atom stereocenters. The molecule has 0 bridgehead atoms. The monoisotopic (exact) mass is 257 g/mol. The summed E-state index contributed by atoms with van der Waals surface area (Å²) < 4.78 is 10.3. The molecule has 2 aromatic rings. The van der Waals surface area contributed by atoms with E-state index in [1.165, 1.54) is 0 Å². The van der Waals surface area contributed by atoms with E-state index in [4.69, 9.17) is 14.5 Å². The van der Waals surface area contributed by atoms with Crippen molar-refractivity contribution >= 4 is 0 Å². The van der Waals surface area contributed by atoms with Gasteiger partial charge in [-0.2, -0.15) is 5.26 Å². The number of benzene rings is 1. The molecule has 0 spiro atoms. The molecule has 0 aliphatic carbocycles. The maximum atomic E-state index is 8.90. The van der Waals surface area contributed by atoms with E-state index in [0.29, 0.717) is 24.4 Å². The summed E-state index contributed by atoms with van der Waals surface area (Å²) in [6.07, 6.45) is 0. The number of methoxy groups -OCH3 is 1. The zero-order valence-electron chi connectivity index (χ0n) is 10.9. The highest BCUT2D eigenvalue weighted by Crippen LogP contribution is 2.19. The molecule has 98 valence electrons. The standard InChI is InChI=1S/C14H15N3O2/c1-10-5-13(19-17-10)9-16-8-11-3-4-12(7-15)14(6-11)18-2/h3-6,16H,8-9H2,1-2H3. The number of ether oxygens (including phenoxy) is 1. The summed E-state index contributed by atoms with van der Waals surface area (Å²) in [5, 5.41) is 16.0. The summed E-state index contributed by atoms with van der Waals surface area (Å²) in [5.74, 6) is 1.40. The van der Waals surface area contributed by atoms with Crippen LogP contribution in [0, 0.1) is 18.3 Å². The Bertz CT molecular complexity index is 599. The van der Waals surface area contributed by atoms with E-state index in [9.17, 15) is 0 Å². The Kier molecular flexibility index (Phi) is 4.16. The van der Waals surface area contributed by atoms with Gasteiger partial charge in [0.25, 0.3) is 0 Å². The number of hydrogen-bond donors (Lipinski definition) is 1. The van der Waals surface area contributed by atoms with Crippen molar-refractivity contribution in [1.82, 2.24) is 10.5 Å². The lowest BCUT2D eigenvalue weighted by molar-refractivity contribution is 0.369. The normalized spacial score (nSPS) is 10.2. The molecule has 0 radical (unpaired) electrons. The lowest BCUT2D eigenvalue weighted by atomic mass is 10.1. The molecule has 1 aromatic carbocycles. The summed E-state index contributed by atoms with van der Waals surface area (Å²) in [7, 11) is 1.56. The Labute approximate surface area is 111 Å². The average molecular weight is 257 g/mol. The maximum Gasteiger partial charge on any atom is 0.150 e. The molecule has 5 heteroatoms. The van der Waals surface area contributed by atoms with Crippen LogP contribution in [0.1, 0.15) is 22.6 Å². The van der Waals surface area contributed by atoms with E-state index in [1.54, 1.807) is 13.2 Å². The third-order valence-corrected chi connectivity index (χ3v) is 2.69. The lowest BCUT2D eigenvalue weighted by Gasteiger charge is -2.06. The zero-order chi connectivity index (χ0) is 13.7. The number of aromatic nitrogens is 1. The average Bonchev–Trinajstić information content (AvgIpc) is 2.84. The van der Waals surface area contributed by atoms with Gasteiger partial charge in [-0.05, 0) is 24.6 Å². The van der Waals surface area contributed by atoms with Crippen LogP contribution in [0.25, 0.3) is 0 Å². The van der Waals surface area contributed by atoms with E-state index in [1.807, 2.05) is 25.1 Å². The Hall–Kier alpha value is -2.32. The minimum Gasteiger partial charge on any atom is -0.495 e. The van der Waals surface area contributed by atoms with Gasteiger partial charge in [-0.3, -0.25) is 0 Å². The number of nitrogens with zero attached hydrogens (tertiary/aromatic N) is 2. The summed E-state index contributed by atoms with van der Waals surface area (Å²) in [5.41, 5.74) is 2.46. The van der Waals surface area contributed by atoms with Crippen molar-refractivity contribution in [1.29, 1.82) is 5.26 Å². The van der Waals surface area contributed by atoms with Gasteiger partial charge >= 0.3 is 0 Å². The van der Waals surface area contributed by atoms with Gasteiger partial charge in [0.05, 0.1) is 24.9 Å². The van der Waals surface area contributed by atoms with Crippen LogP contribution in [0.4, 0.5) is 0 Å². The van der Waals surface area contributed by atoms with Gasteiger partial charge in [0.1, 0.15) is 11.8 Å². The second-order valence-electron chi connectivity index (χ2n) is 4.18. The molecule has 0 amide bonds. The molecule has 0 aliphatic rings. The first-order valence-electron chi connectivity index (χ1n) is 5.93. The van der Waals surface area contributed by atoms with Crippen LogP contribution in [0.15, 0.2) is 28.8 Å². The van der Waals surface area contributed by atoms with Crippen molar-refractivity contribution in [2.45, 2.75) is 20.0 Å². The van der Waals surface area contributed by atoms with Gasteiger partial charge in [0.15, 0.2) is 5.76 Å². The molecule has 19 heavy (non-hydrogen) atoms. The second-order valence-corrected chi connectivity index (χ2v) is 4.18. The van der Waals surface area contributed by atoms with Crippen LogP contribution in [0.5, 0.6) is 5.75 Å². The highest BCUT2D eigenvalue weighted by molar-refractivity contribution is 5.45. The minimum absolute atomic E-state index is 0.539. The van der Waals surface area contributed by atoms with Crippen LogP contribution in [-0.4, -0.2) is 12.3 Å². The highest BCUT2D eigenvalue weighted by Gasteiger charge is 2.04. The van der Waals surface area contributed by atoms with Crippen molar-refractivity contribution in [3.63, 3.8) is 0 Å². The van der Waals surface area contributed by atoms with E-state index < -0.39 is 0 Å². The van der Waals surface area contributed by atoms with Crippen LogP contribution in [0.2, 0.25) is 0 Å². The van der Waals surface area contributed by atoms with E-state index in [2.05, 4.69) is 16.5 Å². The van der Waals surface area contributed by atoms with E-state index in [-0.39, 0.29) is 0 Å². The van der Waals surface area contributed by atoms with Crippen molar-refractivity contribution in [3.8, 4) is 11.8 Å². The van der Waals surface area contributed by atoms with Crippen molar-refractivity contribution in [3.05, 3.63) is 46.8 Å². The van der Waals surface area contributed by atoms with E-state index >= 15 is 0 Å². The summed E-state index contributed by atoms with van der Waals surface area (Å²) in [6, 6.07) is 9.50. The molecular formula is C14H15N3O2. The Morgan fingerprint density at radius 2 is 2.21 bits per heavy atom. The molecule has 0 saturated carbocycles. The number of nitriles is 1. The predicted octanol–water partition coefficient (Wildman–Crippen LogP) is 2.15. The topological polar surface area (TPSA) is 71.1 Å². The molecule has 1 aromatic heterocycles. The van der Waals surface area contributed by atoms with Gasteiger partial charge < -0.3 is 14.6 Å². The maximum absolute atomic E-state index is 8.90. The summed E-state index contributed by atoms with van der Waals surface area (Å²) in [6.45, 7) is 3.17. The Balaban J connectivity index is 1.94. The fraction of sp³-hybridized carbons (Fsp3) is 0.286. The molecule has 2 rings (SSSR count). The van der Waals surface area contributed by atoms with Crippen LogP contribution in [-0.2, 0) is 13.1 Å². The third-order valence-electron chi connectivity index (χ3n) is 2.69. The second kappa shape index (κ2) is 6.03. The van der Waals surface area contributed by atoms with Crippen LogP contribution >= 0.6 is 0 Å². The van der Waals surface area contributed by atoms with Gasteiger partial charge in [-0.1, -0.05) is 11.2 Å². The zero-order valence-corrected chi connectivity index (χ0v) is 10.9. The molecule has 1 N–H and O–H groups in total. The molecule has 0 aliphatic heterocycles. The lowest BCUT2D eigenvalue weighted by Crippen LogP contribution is -2.12. The largest absolute Gasteiger partial charge is 0.495 e. The number of aryl methyl sites for hydroxylation is 1.